The van der Waals surface area contributed by atoms with E-state index in [4.69, 9.17) is 4.42 Å². The van der Waals surface area contributed by atoms with Crippen LogP contribution in [0.25, 0.3) is 54.6 Å². The van der Waals surface area contributed by atoms with E-state index in [0.29, 0.717) is 21.9 Å². The molecule has 0 saturated heterocycles. The van der Waals surface area contributed by atoms with Gasteiger partial charge >= 0.3 is 5.97 Å². The molecule has 2 N–H and O–H groups in total. The molecule has 0 fully saturated rings. The standard InChI is InChI=1S/C28H16O5/c29-21-5-1-3-19-17(21)11-13-23-26(19)25(15-7-9-16(10-8-15)28(31)32)27-20-4-2-6-22(30)18(20)12-14-24(27)33-23/h1-14,29H,(H,31,32). The van der Waals surface area contributed by atoms with E-state index in [-0.39, 0.29) is 16.7 Å². The first-order valence-corrected chi connectivity index (χ1v) is 10.4. The average Bonchev–Trinajstić information content (AvgIpc) is 2.83. The van der Waals surface area contributed by atoms with Crippen molar-refractivity contribution in [3.8, 4) is 16.9 Å². The summed E-state index contributed by atoms with van der Waals surface area (Å²) in [5, 5.41) is 24.2. The molecule has 0 aliphatic carbocycles. The number of aromatic hydroxyl groups is 1. The number of carboxylic acid groups (broad SMARTS) is 1. The van der Waals surface area contributed by atoms with Gasteiger partial charge < -0.3 is 14.6 Å². The summed E-state index contributed by atoms with van der Waals surface area (Å²) in [6.45, 7) is 0. The number of hydrogen-bond donors (Lipinski definition) is 2. The van der Waals surface area contributed by atoms with E-state index >= 15 is 0 Å². The zero-order chi connectivity index (χ0) is 22.7. The minimum Gasteiger partial charge on any atom is -0.507 e. The van der Waals surface area contributed by atoms with E-state index in [1.165, 1.54) is 6.07 Å². The van der Waals surface area contributed by atoms with E-state index in [1.807, 2.05) is 24.3 Å². The number of hydrogen-bond acceptors (Lipinski definition) is 4. The maximum Gasteiger partial charge on any atom is 0.335 e. The molecule has 5 aromatic carbocycles. The summed E-state index contributed by atoms with van der Waals surface area (Å²) in [7, 11) is 0. The first-order valence-electron chi connectivity index (χ1n) is 10.4. The highest BCUT2D eigenvalue weighted by atomic mass is 16.4. The van der Waals surface area contributed by atoms with E-state index in [0.717, 1.165) is 32.7 Å². The van der Waals surface area contributed by atoms with Crippen LogP contribution in [-0.2, 0) is 0 Å². The molecule has 5 nitrogen and oxygen atoms in total. The van der Waals surface area contributed by atoms with Crippen molar-refractivity contribution in [3.63, 3.8) is 0 Å². The van der Waals surface area contributed by atoms with E-state index in [9.17, 15) is 19.8 Å². The smallest absolute Gasteiger partial charge is 0.335 e. The van der Waals surface area contributed by atoms with Gasteiger partial charge in [0.25, 0.3) is 0 Å². The number of phenolic OH excluding ortho intramolecular Hbond substituents is 1. The first kappa shape index (κ1) is 19.1. The Balaban J connectivity index is 1.90. The second-order valence-corrected chi connectivity index (χ2v) is 7.96. The number of phenols is 1. The van der Waals surface area contributed by atoms with Crippen molar-refractivity contribution < 1.29 is 19.4 Å². The Hall–Kier alpha value is -4.64. The highest BCUT2D eigenvalue weighted by molar-refractivity contribution is 6.24. The first-order chi connectivity index (χ1) is 16.0. The highest BCUT2D eigenvalue weighted by Gasteiger charge is 2.18. The Morgan fingerprint density at radius 1 is 0.667 bits per heavy atom. The fourth-order valence-electron chi connectivity index (χ4n) is 4.63. The quantitative estimate of drug-likeness (QED) is 0.247. The van der Waals surface area contributed by atoms with Crippen LogP contribution in [0.15, 0.2) is 94.1 Å². The van der Waals surface area contributed by atoms with Crippen LogP contribution in [0.3, 0.4) is 0 Å². The lowest BCUT2D eigenvalue weighted by atomic mass is 9.91. The summed E-state index contributed by atoms with van der Waals surface area (Å²) < 4.78 is 6.29. The van der Waals surface area contributed by atoms with Gasteiger partial charge in [-0.2, -0.15) is 0 Å². The third-order valence-corrected chi connectivity index (χ3v) is 6.12. The Kier molecular flexibility index (Phi) is 4.01. The van der Waals surface area contributed by atoms with Crippen LogP contribution in [-0.4, -0.2) is 16.2 Å². The number of benzene rings is 5. The number of carbonyl (C=O) groups is 1. The minimum atomic E-state index is -1.00. The average molecular weight is 432 g/mol. The molecule has 1 heterocycles. The van der Waals surface area contributed by atoms with Crippen molar-refractivity contribution >= 4 is 49.5 Å². The lowest BCUT2D eigenvalue weighted by Crippen LogP contribution is -1.99. The predicted octanol–water partition coefficient (Wildman–Crippen LogP) is 6.32. The van der Waals surface area contributed by atoms with Crippen molar-refractivity contribution in [1.82, 2.24) is 0 Å². The van der Waals surface area contributed by atoms with Gasteiger partial charge in [-0.1, -0.05) is 36.4 Å². The Morgan fingerprint density at radius 2 is 1.27 bits per heavy atom. The van der Waals surface area contributed by atoms with Gasteiger partial charge in [-0.05, 0) is 64.9 Å². The zero-order valence-corrected chi connectivity index (χ0v) is 17.2. The molecule has 0 unspecified atom stereocenters. The summed E-state index contributed by atoms with van der Waals surface area (Å²) in [6, 6.07) is 24.3. The van der Waals surface area contributed by atoms with Crippen LogP contribution < -0.4 is 5.43 Å². The lowest BCUT2D eigenvalue weighted by molar-refractivity contribution is 0.0697. The normalized spacial score (nSPS) is 11.5. The summed E-state index contributed by atoms with van der Waals surface area (Å²) >= 11 is 0. The molecule has 1 aromatic heterocycles. The summed E-state index contributed by atoms with van der Waals surface area (Å²) in [6.07, 6.45) is 0. The van der Waals surface area contributed by atoms with Gasteiger partial charge in [-0.15, -0.1) is 0 Å². The Morgan fingerprint density at radius 3 is 1.94 bits per heavy atom. The molecule has 0 bridgehead atoms. The van der Waals surface area contributed by atoms with Crippen LogP contribution in [0.5, 0.6) is 5.75 Å². The molecule has 0 atom stereocenters. The summed E-state index contributed by atoms with van der Waals surface area (Å²) in [5.74, 6) is -0.849. The van der Waals surface area contributed by atoms with Gasteiger partial charge in [0.1, 0.15) is 16.9 Å². The number of aromatic carboxylic acids is 1. The van der Waals surface area contributed by atoms with Gasteiger partial charge in [-0.25, -0.2) is 4.79 Å². The third kappa shape index (κ3) is 2.79. The van der Waals surface area contributed by atoms with Gasteiger partial charge in [0, 0.05) is 27.1 Å². The molecular weight excluding hydrogens is 416 g/mol. The molecule has 33 heavy (non-hydrogen) atoms. The number of rotatable bonds is 2. The zero-order valence-electron chi connectivity index (χ0n) is 17.2. The topological polar surface area (TPSA) is 87.7 Å². The number of carboxylic acids is 1. The van der Waals surface area contributed by atoms with Crippen LogP contribution >= 0.6 is 0 Å². The molecule has 6 aromatic rings. The molecule has 5 heteroatoms. The predicted molar refractivity (Wildman–Crippen MR) is 129 cm³/mol. The SMILES string of the molecule is O=C(O)c1ccc(-c2c3c(ccc4c(O)cccc43)oc3ccc4c(=O)cccc4c23)cc1. The number of fused-ring (bicyclic) bond motifs is 6. The fraction of sp³-hybridized carbons (Fsp3) is 0. The van der Waals surface area contributed by atoms with E-state index in [2.05, 4.69) is 0 Å². The van der Waals surface area contributed by atoms with Crippen LogP contribution in [0.1, 0.15) is 10.4 Å². The molecule has 0 radical (unpaired) electrons. The largest absolute Gasteiger partial charge is 0.507 e. The molecule has 0 aliphatic rings. The molecule has 0 saturated carbocycles. The van der Waals surface area contributed by atoms with Gasteiger partial charge in [0.15, 0.2) is 5.43 Å². The molecule has 0 spiro atoms. The van der Waals surface area contributed by atoms with Crippen molar-refractivity contribution in [2.24, 2.45) is 0 Å². The molecule has 158 valence electrons. The minimum absolute atomic E-state index is 0.0859. The summed E-state index contributed by atoms with van der Waals surface area (Å²) in [5.41, 5.74) is 2.92. The molecular formula is C28H16O5. The Labute approximate surface area is 186 Å². The van der Waals surface area contributed by atoms with Crippen molar-refractivity contribution in [1.29, 1.82) is 0 Å². The van der Waals surface area contributed by atoms with Crippen LogP contribution in [0, 0.1) is 0 Å². The maximum absolute atomic E-state index is 12.6. The molecule has 0 aliphatic heterocycles. The maximum atomic E-state index is 12.6. The van der Waals surface area contributed by atoms with Crippen molar-refractivity contribution in [3.05, 3.63) is 101 Å². The van der Waals surface area contributed by atoms with Gasteiger partial charge in [-0.3, -0.25) is 4.79 Å². The second kappa shape index (κ2) is 6.93. The van der Waals surface area contributed by atoms with Crippen molar-refractivity contribution in [2.75, 3.05) is 0 Å². The third-order valence-electron chi connectivity index (χ3n) is 6.12. The van der Waals surface area contributed by atoms with Gasteiger partial charge in [0.2, 0.25) is 0 Å². The Bertz CT molecular complexity index is 1810. The van der Waals surface area contributed by atoms with E-state index < -0.39 is 5.97 Å². The molecule has 0 amide bonds. The van der Waals surface area contributed by atoms with Crippen LogP contribution in [0.2, 0.25) is 0 Å². The van der Waals surface area contributed by atoms with Gasteiger partial charge in [0.05, 0.1) is 5.56 Å². The molecule has 6 rings (SSSR count). The monoisotopic (exact) mass is 432 g/mol. The van der Waals surface area contributed by atoms with E-state index in [1.54, 1.807) is 54.6 Å². The van der Waals surface area contributed by atoms with Crippen molar-refractivity contribution in [2.45, 2.75) is 0 Å². The summed E-state index contributed by atoms with van der Waals surface area (Å²) in [4.78, 5) is 24.0. The highest BCUT2D eigenvalue weighted by Crippen LogP contribution is 2.43. The lowest BCUT2D eigenvalue weighted by Gasteiger charge is -2.15. The fourth-order valence-corrected chi connectivity index (χ4v) is 4.63. The second-order valence-electron chi connectivity index (χ2n) is 7.96. The van der Waals surface area contributed by atoms with Crippen LogP contribution in [0.4, 0.5) is 0 Å².